The van der Waals surface area contributed by atoms with Crippen molar-refractivity contribution in [3.63, 3.8) is 0 Å². The molecule has 0 saturated heterocycles. The van der Waals surface area contributed by atoms with Crippen LogP contribution in [0.2, 0.25) is 0 Å². The van der Waals surface area contributed by atoms with Gasteiger partial charge in [-0.2, -0.15) is 0 Å². The molecule has 1 aliphatic rings. The number of anilines is 2. The summed E-state index contributed by atoms with van der Waals surface area (Å²) in [6, 6.07) is 4.67. The lowest BCUT2D eigenvalue weighted by atomic mass is 10.1. The summed E-state index contributed by atoms with van der Waals surface area (Å²) in [7, 11) is 2.10. The van der Waals surface area contributed by atoms with E-state index >= 15 is 0 Å². The summed E-state index contributed by atoms with van der Waals surface area (Å²) in [5.41, 5.74) is 7.07. The Morgan fingerprint density at radius 2 is 2.19 bits per heavy atom. The van der Waals surface area contributed by atoms with Crippen LogP contribution in [0.5, 0.6) is 0 Å². The van der Waals surface area contributed by atoms with E-state index in [0.29, 0.717) is 17.8 Å². The monoisotopic (exact) mass is 302 g/mol. The molecule has 0 spiro atoms. The lowest BCUT2D eigenvalue weighted by Gasteiger charge is -2.27. The van der Waals surface area contributed by atoms with Gasteiger partial charge in [0.2, 0.25) is 0 Å². The summed E-state index contributed by atoms with van der Waals surface area (Å²) in [5, 5.41) is 2.13. The maximum Gasteiger partial charge on any atom is 0.137 e. The molecule has 4 nitrogen and oxygen atoms in total. The molecular weight excluding hydrogens is 280 g/mol. The Morgan fingerprint density at radius 1 is 1.43 bits per heavy atom. The van der Waals surface area contributed by atoms with Crippen LogP contribution >= 0.6 is 11.3 Å². The summed E-state index contributed by atoms with van der Waals surface area (Å²) in [6.07, 6.45) is 3.41. The number of nitrogens with zero attached hydrogens (tertiary/aromatic N) is 3. The average molecular weight is 302 g/mol. The molecule has 1 unspecified atom stereocenters. The van der Waals surface area contributed by atoms with Gasteiger partial charge in [-0.25, -0.2) is 9.97 Å². The molecule has 5 heteroatoms. The zero-order valence-corrected chi connectivity index (χ0v) is 13.7. The van der Waals surface area contributed by atoms with Gasteiger partial charge in [0.25, 0.3) is 0 Å². The van der Waals surface area contributed by atoms with Gasteiger partial charge in [-0.1, -0.05) is 6.07 Å². The van der Waals surface area contributed by atoms with Crippen LogP contribution in [0, 0.1) is 6.92 Å². The zero-order valence-electron chi connectivity index (χ0n) is 12.8. The Hall–Kier alpha value is -1.62. The van der Waals surface area contributed by atoms with Crippen molar-refractivity contribution in [2.45, 2.75) is 45.1 Å². The van der Waals surface area contributed by atoms with Gasteiger partial charge in [-0.15, -0.1) is 11.3 Å². The molecule has 1 atom stereocenters. The van der Waals surface area contributed by atoms with Gasteiger partial charge in [0.1, 0.15) is 17.5 Å². The van der Waals surface area contributed by atoms with Gasteiger partial charge >= 0.3 is 0 Å². The Bertz CT molecular complexity index is 619. The molecule has 2 aromatic heterocycles. The van der Waals surface area contributed by atoms with E-state index in [4.69, 9.17) is 10.7 Å². The lowest BCUT2D eigenvalue weighted by Crippen LogP contribution is -2.32. The van der Waals surface area contributed by atoms with Gasteiger partial charge < -0.3 is 10.6 Å². The fraction of sp³-hybridized carbons (Fsp3) is 0.500. The van der Waals surface area contributed by atoms with E-state index in [1.807, 2.05) is 6.92 Å². The lowest BCUT2D eigenvalue weighted by molar-refractivity contribution is 0.674. The van der Waals surface area contributed by atoms with Crippen molar-refractivity contribution in [2.75, 3.05) is 17.7 Å². The second-order valence-corrected chi connectivity index (χ2v) is 6.97. The van der Waals surface area contributed by atoms with Gasteiger partial charge in [0.15, 0.2) is 0 Å². The van der Waals surface area contributed by atoms with Gasteiger partial charge in [0.05, 0.1) is 0 Å². The van der Waals surface area contributed by atoms with Crippen molar-refractivity contribution < 1.29 is 0 Å². The van der Waals surface area contributed by atoms with Crippen LogP contribution < -0.4 is 10.6 Å². The van der Waals surface area contributed by atoms with Crippen molar-refractivity contribution in [1.82, 2.24) is 9.97 Å². The number of hydrogen-bond acceptors (Lipinski definition) is 5. The number of nitrogens with two attached hydrogens (primary N) is 1. The minimum absolute atomic E-state index is 0.378. The number of nitrogen functional groups attached to an aromatic ring is 1. The van der Waals surface area contributed by atoms with Crippen LogP contribution in [0.15, 0.2) is 17.5 Å². The standard InChI is InChI=1S/C16H22N4S/c1-10(9-13-5-4-8-21-13)20(3)16-11(2)14(17)18-15(19-16)12-6-7-12/h4-5,8,10,12H,6-7,9H2,1-3H3,(H2,17,18,19). The first kappa shape index (κ1) is 14.3. The second-order valence-electron chi connectivity index (χ2n) is 5.93. The molecule has 0 amide bonds. The van der Waals surface area contributed by atoms with Crippen LogP contribution in [-0.4, -0.2) is 23.1 Å². The van der Waals surface area contributed by atoms with Crippen LogP contribution in [0.3, 0.4) is 0 Å². The Morgan fingerprint density at radius 3 is 2.81 bits per heavy atom. The number of thiophene rings is 1. The molecule has 0 aliphatic heterocycles. The molecule has 2 N–H and O–H groups in total. The first-order valence-electron chi connectivity index (χ1n) is 7.45. The predicted octanol–water partition coefficient (Wildman–Crippen LogP) is 3.37. The highest BCUT2D eigenvalue weighted by Gasteiger charge is 2.29. The van der Waals surface area contributed by atoms with Crippen molar-refractivity contribution >= 4 is 23.0 Å². The van der Waals surface area contributed by atoms with Crippen LogP contribution in [0.1, 0.15) is 41.9 Å². The molecule has 1 aliphatic carbocycles. The number of hydrogen-bond donors (Lipinski definition) is 1. The predicted molar refractivity (Wildman–Crippen MR) is 89.0 cm³/mol. The molecule has 2 aromatic rings. The summed E-state index contributed by atoms with van der Waals surface area (Å²) in [4.78, 5) is 12.9. The minimum Gasteiger partial charge on any atom is -0.383 e. The molecule has 2 heterocycles. The zero-order chi connectivity index (χ0) is 15.0. The highest BCUT2D eigenvalue weighted by atomic mass is 32.1. The smallest absolute Gasteiger partial charge is 0.137 e. The summed E-state index contributed by atoms with van der Waals surface area (Å²) < 4.78 is 0. The summed E-state index contributed by atoms with van der Waals surface area (Å²) >= 11 is 1.81. The minimum atomic E-state index is 0.378. The van der Waals surface area contributed by atoms with Crippen molar-refractivity contribution in [3.8, 4) is 0 Å². The molecular formula is C16H22N4S. The molecule has 1 saturated carbocycles. The maximum atomic E-state index is 6.09. The van der Waals surface area contributed by atoms with Gasteiger partial charge in [0, 0.05) is 35.9 Å². The quantitative estimate of drug-likeness (QED) is 0.920. The summed E-state index contributed by atoms with van der Waals surface area (Å²) in [5.74, 6) is 3.04. The van der Waals surface area contributed by atoms with E-state index in [-0.39, 0.29) is 0 Å². The van der Waals surface area contributed by atoms with Crippen molar-refractivity contribution in [2.24, 2.45) is 0 Å². The van der Waals surface area contributed by atoms with E-state index in [1.54, 1.807) is 11.3 Å². The SMILES string of the molecule is Cc1c(N)nc(C2CC2)nc1N(C)C(C)Cc1cccs1. The first-order chi connectivity index (χ1) is 10.1. The first-order valence-corrected chi connectivity index (χ1v) is 8.33. The average Bonchev–Trinajstić information content (AvgIpc) is 3.19. The highest BCUT2D eigenvalue weighted by molar-refractivity contribution is 7.09. The molecule has 3 rings (SSSR count). The fourth-order valence-electron chi connectivity index (χ4n) is 2.47. The van der Waals surface area contributed by atoms with Gasteiger partial charge in [-0.05, 0) is 38.1 Å². The number of likely N-dealkylation sites (N-methyl/N-ethyl adjacent to an activating group) is 1. The number of rotatable bonds is 5. The Balaban J connectivity index is 1.84. The Labute approximate surface area is 130 Å². The molecule has 21 heavy (non-hydrogen) atoms. The van der Waals surface area contributed by atoms with Crippen molar-refractivity contribution in [3.05, 3.63) is 33.8 Å². The summed E-state index contributed by atoms with van der Waals surface area (Å²) in [6.45, 7) is 4.24. The van der Waals surface area contributed by atoms with E-state index in [9.17, 15) is 0 Å². The molecule has 1 fully saturated rings. The largest absolute Gasteiger partial charge is 0.383 e. The van der Waals surface area contributed by atoms with Crippen LogP contribution in [0.4, 0.5) is 11.6 Å². The Kier molecular flexibility index (Phi) is 3.85. The molecule has 0 aromatic carbocycles. The molecule has 0 bridgehead atoms. The fourth-order valence-corrected chi connectivity index (χ4v) is 3.30. The maximum absolute atomic E-state index is 6.09. The van der Waals surface area contributed by atoms with Crippen LogP contribution in [-0.2, 0) is 6.42 Å². The third-order valence-electron chi connectivity index (χ3n) is 4.19. The van der Waals surface area contributed by atoms with Crippen molar-refractivity contribution in [1.29, 1.82) is 0 Å². The third kappa shape index (κ3) is 3.02. The molecule has 112 valence electrons. The van der Waals surface area contributed by atoms with E-state index in [0.717, 1.165) is 23.6 Å². The van der Waals surface area contributed by atoms with E-state index < -0.39 is 0 Å². The highest BCUT2D eigenvalue weighted by Crippen LogP contribution is 2.39. The second kappa shape index (κ2) is 5.64. The van der Waals surface area contributed by atoms with E-state index in [1.165, 1.54) is 17.7 Å². The van der Waals surface area contributed by atoms with E-state index in [2.05, 4.69) is 41.4 Å². The molecule has 0 radical (unpaired) electrons. The van der Waals surface area contributed by atoms with Crippen LogP contribution in [0.25, 0.3) is 0 Å². The van der Waals surface area contributed by atoms with Gasteiger partial charge in [-0.3, -0.25) is 0 Å². The normalized spacial score (nSPS) is 16.0. The number of aromatic nitrogens is 2. The topological polar surface area (TPSA) is 55.0 Å². The third-order valence-corrected chi connectivity index (χ3v) is 5.09.